The highest BCUT2D eigenvalue weighted by Crippen LogP contribution is 2.40. The minimum Gasteiger partial charge on any atom is -0.383 e. The van der Waals surface area contributed by atoms with Crippen molar-refractivity contribution < 1.29 is 13.2 Å². The molecule has 3 nitrogen and oxygen atoms in total. The molecular formula is C15H16F3N3. The Morgan fingerprint density at radius 3 is 2.38 bits per heavy atom. The Kier molecular flexibility index (Phi) is 3.00. The summed E-state index contributed by atoms with van der Waals surface area (Å²) in [5.74, 6) is -3.64. The average molecular weight is 295 g/mol. The van der Waals surface area contributed by atoms with E-state index in [0.29, 0.717) is 5.82 Å². The SMILES string of the molecule is CC1(C)CCCc2nn(-c3cc(F)c(F)c(F)c3)c(N)c21. The first-order valence-corrected chi connectivity index (χ1v) is 6.84. The number of hydrogen-bond acceptors (Lipinski definition) is 2. The third-order valence-corrected chi connectivity index (χ3v) is 4.10. The van der Waals surface area contributed by atoms with Gasteiger partial charge in [-0.1, -0.05) is 13.8 Å². The molecule has 0 aliphatic heterocycles. The van der Waals surface area contributed by atoms with Crippen molar-refractivity contribution in [3.63, 3.8) is 0 Å². The number of rotatable bonds is 1. The minimum atomic E-state index is -1.49. The van der Waals surface area contributed by atoms with E-state index in [4.69, 9.17) is 5.73 Å². The van der Waals surface area contributed by atoms with Crippen molar-refractivity contribution in [2.24, 2.45) is 0 Å². The zero-order valence-corrected chi connectivity index (χ0v) is 11.9. The normalized spacial score (nSPS) is 16.8. The zero-order chi connectivity index (χ0) is 15.4. The Morgan fingerprint density at radius 1 is 1.19 bits per heavy atom. The molecule has 1 aliphatic carbocycles. The van der Waals surface area contributed by atoms with Gasteiger partial charge in [-0.05, 0) is 24.7 Å². The van der Waals surface area contributed by atoms with Gasteiger partial charge in [0.2, 0.25) is 0 Å². The summed E-state index contributed by atoms with van der Waals surface area (Å²) in [5.41, 5.74) is 7.85. The molecule has 0 radical (unpaired) electrons. The van der Waals surface area contributed by atoms with Crippen molar-refractivity contribution in [3.05, 3.63) is 40.8 Å². The van der Waals surface area contributed by atoms with Crippen LogP contribution in [0.4, 0.5) is 19.0 Å². The van der Waals surface area contributed by atoms with Gasteiger partial charge in [0.25, 0.3) is 0 Å². The summed E-state index contributed by atoms with van der Waals surface area (Å²) in [5, 5.41) is 4.36. The smallest absolute Gasteiger partial charge is 0.194 e. The van der Waals surface area contributed by atoms with Crippen LogP contribution in [-0.2, 0) is 11.8 Å². The maximum atomic E-state index is 13.4. The van der Waals surface area contributed by atoms with E-state index in [-0.39, 0.29) is 11.1 Å². The number of anilines is 1. The lowest BCUT2D eigenvalue weighted by Gasteiger charge is -2.29. The van der Waals surface area contributed by atoms with Gasteiger partial charge in [-0.2, -0.15) is 5.10 Å². The lowest BCUT2D eigenvalue weighted by atomic mass is 9.75. The maximum absolute atomic E-state index is 13.4. The third kappa shape index (κ3) is 2.09. The number of halogens is 3. The molecule has 3 rings (SSSR count). The predicted molar refractivity (Wildman–Crippen MR) is 73.8 cm³/mol. The van der Waals surface area contributed by atoms with Crippen molar-refractivity contribution in [2.75, 3.05) is 5.73 Å². The number of aromatic nitrogens is 2. The summed E-state index contributed by atoms with van der Waals surface area (Å²) < 4.78 is 41.2. The molecule has 0 spiro atoms. The second kappa shape index (κ2) is 4.51. The average Bonchev–Trinajstić information content (AvgIpc) is 2.73. The molecule has 2 N–H and O–H groups in total. The summed E-state index contributed by atoms with van der Waals surface area (Å²) in [4.78, 5) is 0. The molecule has 0 fully saturated rings. The van der Waals surface area contributed by atoms with E-state index in [0.717, 1.165) is 42.7 Å². The summed E-state index contributed by atoms with van der Waals surface area (Å²) >= 11 is 0. The predicted octanol–water partition coefficient (Wildman–Crippen LogP) is 3.49. The van der Waals surface area contributed by atoms with Crippen LogP contribution in [0.1, 0.15) is 37.9 Å². The minimum absolute atomic E-state index is 0.0918. The van der Waals surface area contributed by atoms with Crippen LogP contribution in [-0.4, -0.2) is 9.78 Å². The number of aryl methyl sites for hydroxylation is 1. The van der Waals surface area contributed by atoms with Crippen LogP contribution < -0.4 is 5.73 Å². The molecule has 0 amide bonds. The molecule has 0 unspecified atom stereocenters. The van der Waals surface area contributed by atoms with Gasteiger partial charge >= 0.3 is 0 Å². The van der Waals surface area contributed by atoms with E-state index in [9.17, 15) is 13.2 Å². The Hall–Kier alpha value is -1.98. The van der Waals surface area contributed by atoms with E-state index in [1.165, 1.54) is 4.68 Å². The Labute approximate surface area is 120 Å². The Morgan fingerprint density at radius 2 is 1.81 bits per heavy atom. The molecule has 2 aromatic rings. The van der Waals surface area contributed by atoms with Crippen LogP contribution in [0.25, 0.3) is 5.69 Å². The summed E-state index contributed by atoms with van der Waals surface area (Å²) in [6, 6.07) is 1.81. The summed E-state index contributed by atoms with van der Waals surface area (Å²) in [6.45, 7) is 4.14. The Balaban J connectivity index is 2.19. The molecule has 0 saturated heterocycles. The summed E-state index contributed by atoms with van der Waals surface area (Å²) in [6.07, 6.45) is 2.74. The van der Waals surface area contributed by atoms with Gasteiger partial charge in [0, 0.05) is 17.7 Å². The highest BCUT2D eigenvalue weighted by Gasteiger charge is 2.33. The fraction of sp³-hybridized carbons (Fsp3) is 0.400. The number of benzene rings is 1. The quantitative estimate of drug-likeness (QED) is 0.818. The van der Waals surface area contributed by atoms with E-state index >= 15 is 0 Å². The van der Waals surface area contributed by atoms with Crippen LogP contribution in [0, 0.1) is 17.5 Å². The lowest BCUT2D eigenvalue weighted by Crippen LogP contribution is -2.24. The topological polar surface area (TPSA) is 43.8 Å². The number of nitrogens with zero attached hydrogens (tertiary/aromatic N) is 2. The van der Waals surface area contributed by atoms with E-state index in [2.05, 4.69) is 18.9 Å². The van der Waals surface area contributed by atoms with Crippen molar-refractivity contribution >= 4 is 5.82 Å². The molecule has 0 atom stereocenters. The van der Waals surface area contributed by atoms with Gasteiger partial charge in [-0.3, -0.25) is 0 Å². The second-order valence-electron chi connectivity index (χ2n) is 6.08. The van der Waals surface area contributed by atoms with Crippen molar-refractivity contribution in [1.82, 2.24) is 9.78 Å². The fourth-order valence-electron chi connectivity index (χ4n) is 3.07. The van der Waals surface area contributed by atoms with E-state index in [1.54, 1.807) is 0 Å². The van der Waals surface area contributed by atoms with Crippen LogP contribution in [0.2, 0.25) is 0 Å². The van der Waals surface area contributed by atoms with Gasteiger partial charge in [-0.25, -0.2) is 17.9 Å². The molecular weight excluding hydrogens is 279 g/mol. The van der Waals surface area contributed by atoms with Gasteiger partial charge in [0.1, 0.15) is 5.82 Å². The highest BCUT2D eigenvalue weighted by atomic mass is 19.2. The van der Waals surface area contributed by atoms with Crippen molar-refractivity contribution in [3.8, 4) is 5.69 Å². The zero-order valence-electron chi connectivity index (χ0n) is 11.9. The first kappa shape index (κ1) is 14.0. The Bertz CT molecular complexity index is 696. The highest BCUT2D eigenvalue weighted by molar-refractivity contribution is 5.54. The van der Waals surface area contributed by atoms with Crippen molar-refractivity contribution in [2.45, 2.75) is 38.5 Å². The van der Waals surface area contributed by atoms with Gasteiger partial charge < -0.3 is 5.73 Å². The molecule has 0 bridgehead atoms. The monoisotopic (exact) mass is 295 g/mol. The van der Waals surface area contributed by atoms with Gasteiger partial charge in [0.15, 0.2) is 17.5 Å². The van der Waals surface area contributed by atoms with E-state index < -0.39 is 17.5 Å². The summed E-state index contributed by atoms with van der Waals surface area (Å²) in [7, 11) is 0. The molecule has 1 heterocycles. The molecule has 21 heavy (non-hydrogen) atoms. The second-order valence-corrected chi connectivity index (χ2v) is 6.08. The molecule has 1 aromatic carbocycles. The first-order chi connectivity index (χ1) is 9.81. The first-order valence-electron chi connectivity index (χ1n) is 6.84. The van der Waals surface area contributed by atoms with Crippen LogP contribution in [0.3, 0.4) is 0 Å². The van der Waals surface area contributed by atoms with Crippen LogP contribution in [0.15, 0.2) is 12.1 Å². The molecule has 0 saturated carbocycles. The van der Waals surface area contributed by atoms with Crippen LogP contribution >= 0.6 is 0 Å². The van der Waals surface area contributed by atoms with E-state index in [1.807, 2.05) is 0 Å². The molecule has 6 heteroatoms. The van der Waals surface area contributed by atoms with Gasteiger partial charge in [0.05, 0.1) is 11.4 Å². The lowest BCUT2D eigenvalue weighted by molar-refractivity contribution is 0.432. The fourth-order valence-corrected chi connectivity index (χ4v) is 3.07. The number of fused-ring (bicyclic) bond motifs is 1. The van der Waals surface area contributed by atoms with Crippen molar-refractivity contribution in [1.29, 1.82) is 0 Å². The van der Waals surface area contributed by atoms with Gasteiger partial charge in [-0.15, -0.1) is 0 Å². The molecule has 1 aromatic heterocycles. The molecule has 1 aliphatic rings. The van der Waals surface area contributed by atoms with Crippen LogP contribution in [0.5, 0.6) is 0 Å². The third-order valence-electron chi connectivity index (χ3n) is 4.10. The standard InChI is InChI=1S/C15H16F3N3/c1-15(2)5-3-4-11-12(15)14(19)21(20-11)8-6-9(16)13(18)10(17)7-8/h6-7H,3-5,19H2,1-2H3. The molecule has 112 valence electrons. The number of hydrogen-bond donors (Lipinski definition) is 1. The number of nitrogen functional groups attached to an aromatic ring is 1. The maximum Gasteiger partial charge on any atom is 0.194 e. The number of nitrogens with two attached hydrogens (primary N) is 1. The largest absolute Gasteiger partial charge is 0.383 e.